The van der Waals surface area contributed by atoms with E-state index >= 15 is 0 Å². The largest absolute Gasteiger partial charge is 0.310 e. The Morgan fingerprint density at radius 3 is 2.95 bits per heavy atom. The van der Waals surface area contributed by atoms with Crippen LogP contribution in [0.15, 0.2) is 30.5 Å². The highest BCUT2D eigenvalue weighted by Gasteiger charge is 2.21. The van der Waals surface area contributed by atoms with Crippen LogP contribution in [0.25, 0.3) is 11.3 Å². The molecule has 4 heteroatoms. The molecule has 1 N–H and O–H groups in total. The Morgan fingerprint density at radius 2 is 2.21 bits per heavy atom. The quantitative estimate of drug-likeness (QED) is 0.905. The molecule has 1 aliphatic carbocycles. The number of rotatable bonds is 5. The van der Waals surface area contributed by atoms with E-state index in [1.165, 1.54) is 24.0 Å². The number of nitrogens with one attached hydrogen (secondary N) is 1. The first-order valence-corrected chi connectivity index (χ1v) is 7.19. The van der Waals surface area contributed by atoms with Gasteiger partial charge in [0.15, 0.2) is 0 Å². The Bertz CT molecular complexity index is 573. The minimum Gasteiger partial charge on any atom is -0.310 e. The van der Waals surface area contributed by atoms with Crippen LogP contribution in [0.1, 0.15) is 25.3 Å². The molecule has 0 radical (unpaired) electrons. The van der Waals surface area contributed by atoms with Crippen LogP contribution in [0, 0.1) is 0 Å². The van der Waals surface area contributed by atoms with Gasteiger partial charge in [-0.25, -0.2) is 0 Å². The lowest BCUT2D eigenvalue weighted by Gasteiger charge is -2.12. The number of halogens is 1. The van der Waals surface area contributed by atoms with E-state index in [1.807, 2.05) is 16.9 Å². The van der Waals surface area contributed by atoms with E-state index in [0.717, 1.165) is 23.8 Å². The molecule has 2 aromatic rings. The van der Waals surface area contributed by atoms with Gasteiger partial charge >= 0.3 is 0 Å². The molecule has 3 rings (SSSR count). The summed E-state index contributed by atoms with van der Waals surface area (Å²) in [5.74, 6) is 0. The van der Waals surface area contributed by atoms with Crippen molar-refractivity contribution in [2.24, 2.45) is 0 Å². The van der Waals surface area contributed by atoms with Crippen molar-refractivity contribution in [3.8, 4) is 11.3 Å². The molecule has 1 aliphatic rings. The summed E-state index contributed by atoms with van der Waals surface area (Å²) in [6.07, 6.45) is 4.44. The zero-order valence-corrected chi connectivity index (χ0v) is 11.8. The van der Waals surface area contributed by atoms with Crippen LogP contribution in [-0.4, -0.2) is 15.8 Å². The molecule has 1 heterocycles. The summed E-state index contributed by atoms with van der Waals surface area (Å²) in [5.41, 5.74) is 3.62. The normalized spacial score (nSPS) is 14.8. The number of nitrogens with zero attached hydrogens (tertiary/aromatic N) is 2. The zero-order chi connectivity index (χ0) is 13.2. The standard InChI is InChI=1S/C15H18ClN3/c1-2-19-15(7-8-18-19)14-6-3-12(16)9-11(14)10-17-13-4-5-13/h3,6-9,13,17H,2,4-5,10H2,1H3. The van der Waals surface area contributed by atoms with Gasteiger partial charge < -0.3 is 5.32 Å². The highest BCUT2D eigenvalue weighted by Crippen LogP contribution is 2.27. The maximum absolute atomic E-state index is 6.13. The van der Waals surface area contributed by atoms with Crippen molar-refractivity contribution < 1.29 is 0 Å². The van der Waals surface area contributed by atoms with Gasteiger partial charge in [0.05, 0.1) is 5.69 Å². The second-order valence-corrected chi connectivity index (χ2v) is 5.43. The Balaban J connectivity index is 1.94. The van der Waals surface area contributed by atoms with Crippen molar-refractivity contribution in [2.75, 3.05) is 0 Å². The average Bonchev–Trinajstić information content (AvgIpc) is 3.13. The molecule has 1 saturated carbocycles. The predicted octanol–water partition coefficient (Wildman–Crippen LogP) is 3.48. The first kappa shape index (κ1) is 12.7. The fourth-order valence-corrected chi connectivity index (χ4v) is 2.51. The average molecular weight is 276 g/mol. The van der Waals surface area contributed by atoms with E-state index in [9.17, 15) is 0 Å². The molecule has 19 heavy (non-hydrogen) atoms. The molecule has 0 bridgehead atoms. The summed E-state index contributed by atoms with van der Waals surface area (Å²) >= 11 is 6.13. The SMILES string of the molecule is CCn1nccc1-c1ccc(Cl)cc1CNC1CC1. The van der Waals surface area contributed by atoms with Gasteiger partial charge in [-0.05, 0) is 43.5 Å². The summed E-state index contributed by atoms with van der Waals surface area (Å²) in [7, 11) is 0. The van der Waals surface area contributed by atoms with Gasteiger partial charge in [-0.15, -0.1) is 0 Å². The van der Waals surface area contributed by atoms with E-state index in [4.69, 9.17) is 11.6 Å². The molecule has 100 valence electrons. The van der Waals surface area contributed by atoms with Crippen LogP contribution in [0.5, 0.6) is 0 Å². The Kier molecular flexibility index (Phi) is 3.58. The van der Waals surface area contributed by atoms with Gasteiger partial charge in [-0.3, -0.25) is 4.68 Å². The van der Waals surface area contributed by atoms with Crippen molar-refractivity contribution in [1.29, 1.82) is 0 Å². The molecule has 0 aliphatic heterocycles. The van der Waals surface area contributed by atoms with Gasteiger partial charge in [0, 0.05) is 35.9 Å². The van der Waals surface area contributed by atoms with Crippen LogP contribution in [0.2, 0.25) is 5.02 Å². The highest BCUT2D eigenvalue weighted by molar-refractivity contribution is 6.30. The summed E-state index contributed by atoms with van der Waals surface area (Å²) in [5, 5.41) is 8.69. The summed E-state index contributed by atoms with van der Waals surface area (Å²) < 4.78 is 2.02. The minimum absolute atomic E-state index is 0.697. The Morgan fingerprint density at radius 1 is 1.37 bits per heavy atom. The van der Waals surface area contributed by atoms with Crippen LogP contribution >= 0.6 is 11.6 Å². The van der Waals surface area contributed by atoms with Crippen molar-refractivity contribution in [3.63, 3.8) is 0 Å². The summed E-state index contributed by atoms with van der Waals surface area (Å²) in [6.45, 7) is 3.85. The fourth-order valence-electron chi connectivity index (χ4n) is 2.31. The second-order valence-electron chi connectivity index (χ2n) is 4.99. The molecular weight excluding hydrogens is 258 g/mol. The van der Waals surface area contributed by atoms with E-state index in [0.29, 0.717) is 6.04 Å². The third kappa shape index (κ3) is 2.82. The van der Waals surface area contributed by atoms with E-state index in [-0.39, 0.29) is 0 Å². The maximum atomic E-state index is 6.13. The number of aromatic nitrogens is 2. The second kappa shape index (κ2) is 5.35. The first-order chi connectivity index (χ1) is 9.28. The molecule has 0 atom stereocenters. The molecule has 3 nitrogen and oxygen atoms in total. The van der Waals surface area contributed by atoms with E-state index in [1.54, 1.807) is 0 Å². The minimum atomic E-state index is 0.697. The highest BCUT2D eigenvalue weighted by atomic mass is 35.5. The van der Waals surface area contributed by atoms with Crippen molar-refractivity contribution in [2.45, 2.75) is 38.9 Å². The summed E-state index contributed by atoms with van der Waals surface area (Å²) in [4.78, 5) is 0. The molecule has 0 spiro atoms. The molecule has 0 saturated heterocycles. The maximum Gasteiger partial charge on any atom is 0.0685 e. The van der Waals surface area contributed by atoms with Gasteiger partial charge in [0.25, 0.3) is 0 Å². The van der Waals surface area contributed by atoms with Gasteiger partial charge in [-0.2, -0.15) is 5.10 Å². The van der Waals surface area contributed by atoms with Gasteiger partial charge in [0.2, 0.25) is 0 Å². The van der Waals surface area contributed by atoms with Gasteiger partial charge in [-0.1, -0.05) is 17.7 Å². The zero-order valence-electron chi connectivity index (χ0n) is 11.1. The third-order valence-corrected chi connectivity index (χ3v) is 3.75. The van der Waals surface area contributed by atoms with Crippen LogP contribution < -0.4 is 5.32 Å². The fraction of sp³-hybridized carbons (Fsp3) is 0.400. The van der Waals surface area contributed by atoms with E-state index in [2.05, 4.69) is 35.5 Å². The number of benzene rings is 1. The van der Waals surface area contributed by atoms with Crippen molar-refractivity contribution in [3.05, 3.63) is 41.0 Å². The predicted molar refractivity (Wildman–Crippen MR) is 78.2 cm³/mol. The third-order valence-electron chi connectivity index (χ3n) is 3.52. The monoisotopic (exact) mass is 275 g/mol. The van der Waals surface area contributed by atoms with Crippen molar-refractivity contribution >= 4 is 11.6 Å². The number of aryl methyl sites for hydroxylation is 1. The van der Waals surface area contributed by atoms with Gasteiger partial charge in [0.1, 0.15) is 0 Å². The number of hydrogen-bond acceptors (Lipinski definition) is 2. The lowest BCUT2D eigenvalue weighted by molar-refractivity contribution is 0.662. The molecule has 1 aromatic carbocycles. The number of hydrogen-bond donors (Lipinski definition) is 1. The summed E-state index contributed by atoms with van der Waals surface area (Å²) in [6, 6.07) is 8.86. The molecule has 0 unspecified atom stereocenters. The van der Waals surface area contributed by atoms with Crippen LogP contribution in [0.4, 0.5) is 0 Å². The molecule has 0 amide bonds. The topological polar surface area (TPSA) is 29.9 Å². The lowest BCUT2D eigenvalue weighted by Crippen LogP contribution is -2.16. The lowest BCUT2D eigenvalue weighted by atomic mass is 10.0. The van der Waals surface area contributed by atoms with E-state index < -0.39 is 0 Å². The first-order valence-electron chi connectivity index (χ1n) is 6.82. The van der Waals surface area contributed by atoms with Crippen LogP contribution in [0.3, 0.4) is 0 Å². The Labute approximate surface area is 118 Å². The van der Waals surface area contributed by atoms with Crippen molar-refractivity contribution in [1.82, 2.24) is 15.1 Å². The molecular formula is C15H18ClN3. The smallest absolute Gasteiger partial charge is 0.0685 e. The molecule has 1 aromatic heterocycles. The van der Waals surface area contributed by atoms with Crippen LogP contribution in [-0.2, 0) is 13.1 Å². The molecule has 1 fully saturated rings. The Hall–Kier alpha value is -1.32.